The summed E-state index contributed by atoms with van der Waals surface area (Å²) in [5.41, 5.74) is -0.329. The molecule has 1 fully saturated rings. The minimum atomic E-state index is -4.72. The van der Waals surface area contributed by atoms with E-state index in [0.29, 0.717) is 3.57 Å². The van der Waals surface area contributed by atoms with E-state index in [0.717, 1.165) is 4.90 Å². The van der Waals surface area contributed by atoms with Crippen molar-refractivity contribution in [1.82, 2.24) is 0 Å². The van der Waals surface area contributed by atoms with Gasteiger partial charge in [-0.05, 0) is 28.7 Å². The maximum atomic E-state index is 12.7. The first-order chi connectivity index (χ1) is 10.1. The fraction of sp³-hybridized carbons (Fsp3) is 0.364. The normalized spacial score (nSPS) is 18.8. The van der Waals surface area contributed by atoms with E-state index in [1.807, 2.05) is 22.6 Å². The average Bonchev–Trinajstić information content (AvgIpc) is 2.70. The molecule has 0 N–H and O–H groups in total. The second-order valence-corrected chi connectivity index (χ2v) is 7.77. The van der Waals surface area contributed by atoms with E-state index in [2.05, 4.69) is 0 Å². The molecule has 1 aliphatic heterocycles. The standard InChI is InChI=1S/C11H9ClFIN2O5S/c12-7-2-9(10(16(18)19)3-8(7)14)15-4-6(1-11(15)17)5-22(13,20)21/h2-3,6H,1,4-5H2. The predicted octanol–water partition coefficient (Wildman–Crippen LogP) is 2.51. The van der Waals surface area contributed by atoms with Gasteiger partial charge in [-0.3, -0.25) is 14.9 Å². The minimum Gasteiger partial charge on any atom is -0.306 e. The van der Waals surface area contributed by atoms with E-state index in [4.69, 9.17) is 11.6 Å². The number of carbonyl (C=O) groups is 1. The van der Waals surface area contributed by atoms with Crippen molar-refractivity contribution < 1.29 is 22.0 Å². The van der Waals surface area contributed by atoms with E-state index in [-0.39, 0.29) is 29.4 Å². The monoisotopic (exact) mass is 462 g/mol. The first-order valence-corrected chi connectivity index (χ1v) is 8.95. The summed E-state index contributed by atoms with van der Waals surface area (Å²) in [7, 11) is -4.72. The number of halogens is 3. The number of amides is 1. The number of nitro benzene ring substituents is 1. The lowest BCUT2D eigenvalue weighted by atomic mass is 10.1. The van der Waals surface area contributed by atoms with Crippen LogP contribution in [0, 0.1) is 19.6 Å². The molecule has 22 heavy (non-hydrogen) atoms. The maximum absolute atomic E-state index is 12.7. The summed E-state index contributed by atoms with van der Waals surface area (Å²) in [4.78, 5) is 23.5. The van der Waals surface area contributed by atoms with E-state index in [1.54, 1.807) is 0 Å². The Kier molecular flexibility index (Phi) is 4.92. The molecule has 1 aromatic rings. The summed E-state index contributed by atoms with van der Waals surface area (Å²) in [6.45, 7) is -0.111. The summed E-state index contributed by atoms with van der Waals surface area (Å²) in [5, 5.41) is 11.4. The number of nitro groups is 1. The Labute approximate surface area is 143 Å². The van der Waals surface area contributed by atoms with Gasteiger partial charge in [-0.15, -0.1) is 3.89 Å². The average molecular weight is 463 g/mol. The van der Waals surface area contributed by atoms with Crippen molar-refractivity contribution in [2.24, 2.45) is 5.92 Å². The third kappa shape index (κ3) is 3.84. The maximum Gasteiger partial charge on any atom is 0.302 e. The van der Waals surface area contributed by atoms with Crippen molar-refractivity contribution in [3.8, 4) is 0 Å². The molecule has 1 saturated heterocycles. The molecule has 0 aliphatic carbocycles. The molecule has 1 aromatic carbocycles. The molecule has 2 rings (SSSR count). The van der Waals surface area contributed by atoms with Crippen molar-refractivity contribution in [1.29, 1.82) is 0 Å². The smallest absolute Gasteiger partial charge is 0.302 e. The number of rotatable bonds is 4. The van der Waals surface area contributed by atoms with Crippen LogP contribution in [0.15, 0.2) is 12.1 Å². The van der Waals surface area contributed by atoms with Gasteiger partial charge in [0.15, 0.2) is 0 Å². The first kappa shape index (κ1) is 17.3. The second kappa shape index (κ2) is 6.24. The Balaban J connectivity index is 2.38. The summed E-state index contributed by atoms with van der Waals surface area (Å²) in [6.07, 6.45) is -0.191. The highest BCUT2D eigenvalue weighted by Gasteiger charge is 2.36. The van der Waals surface area contributed by atoms with Crippen molar-refractivity contribution in [3.63, 3.8) is 0 Å². The molecule has 0 aromatic heterocycles. The first-order valence-electron chi connectivity index (χ1n) is 5.94. The van der Waals surface area contributed by atoms with Crippen LogP contribution in [0.3, 0.4) is 0 Å². The number of carbonyl (C=O) groups excluding carboxylic acids is 1. The van der Waals surface area contributed by atoms with Crippen LogP contribution in [0.25, 0.3) is 0 Å². The Hall–Kier alpha value is -1.01. The third-order valence-electron chi connectivity index (χ3n) is 3.14. The van der Waals surface area contributed by atoms with E-state index in [1.165, 1.54) is 12.1 Å². The summed E-state index contributed by atoms with van der Waals surface area (Å²) in [5.74, 6) is -2.05. The van der Waals surface area contributed by atoms with E-state index in [9.17, 15) is 27.2 Å². The van der Waals surface area contributed by atoms with Gasteiger partial charge in [-0.2, -0.15) is 8.42 Å². The quantitative estimate of drug-likeness (QED) is 0.296. The highest BCUT2D eigenvalue weighted by atomic mass is 127. The van der Waals surface area contributed by atoms with E-state index >= 15 is 0 Å². The molecule has 1 aliphatic rings. The summed E-state index contributed by atoms with van der Waals surface area (Å²) in [6, 6.07) is 2.51. The van der Waals surface area contributed by atoms with Gasteiger partial charge in [-0.25, -0.2) is 0 Å². The molecule has 0 radical (unpaired) electrons. The van der Waals surface area contributed by atoms with Crippen LogP contribution >= 0.6 is 34.2 Å². The SMILES string of the molecule is O=C1CC(CS(=O)(=O)F)CN1c1cc(Cl)c(I)cc1[N+](=O)[O-]. The zero-order valence-electron chi connectivity index (χ0n) is 10.8. The molecule has 1 atom stereocenters. The number of anilines is 1. The van der Waals surface area contributed by atoms with Crippen LogP contribution in [0.4, 0.5) is 15.3 Å². The minimum absolute atomic E-state index is 0.0147. The second-order valence-electron chi connectivity index (χ2n) is 4.79. The van der Waals surface area contributed by atoms with Gasteiger partial charge < -0.3 is 4.90 Å². The van der Waals surface area contributed by atoms with E-state index < -0.39 is 32.7 Å². The number of benzene rings is 1. The predicted molar refractivity (Wildman–Crippen MR) is 86.2 cm³/mol. The molecular formula is C11H9ClFIN2O5S. The molecule has 0 spiro atoms. The lowest BCUT2D eigenvalue weighted by molar-refractivity contribution is -0.384. The van der Waals surface area contributed by atoms with Crippen LogP contribution < -0.4 is 4.90 Å². The van der Waals surface area contributed by atoms with Gasteiger partial charge in [0.05, 0.1) is 15.7 Å². The summed E-state index contributed by atoms with van der Waals surface area (Å²) >= 11 is 7.76. The number of hydrogen-bond acceptors (Lipinski definition) is 5. The molecule has 11 heteroatoms. The van der Waals surface area contributed by atoms with Gasteiger partial charge in [0.2, 0.25) is 5.91 Å². The number of nitrogens with zero attached hydrogens (tertiary/aromatic N) is 2. The highest BCUT2D eigenvalue weighted by Crippen LogP contribution is 2.37. The van der Waals surface area contributed by atoms with Crippen molar-refractivity contribution in [2.75, 3.05) is 17.2 Å². The van der Waals surface area contributed by atoms with Crippen molar-refractivity contribution >= 4 is 61.7 Å². The Morgan fingerprint density at radius 1 is 1.50 bits per heavy atom. The molecule has 1 amide bonds. The Morgan fingerprint density at radius 3 is 2.68 bits per heavy atom. The van der Waals surface area contributed by atoms with Gasteiger partial charge in [0.1, 0.15) is 5.69 Å². The fourth-order valence-electron chi connectivity index (χ4n) is 2.30. The Morgan fingerprint density at radius 2 is 2.14 bits per heavy atom. The van der Waals surface area contributed by atoms with Gasteiger partial charge >= 0.3 is 10.2 Å². The third-order valence-corrected chi connectivity index (χ3v) is 5.54. The van der Waals surface area contributed by atoms with Gasteiger partial charge in [-0.1, -0.05) is 11.6 Å². The molecule has 0 saturated carbocycles. The largest absolute Gasteiger partial charge is 0.306 e. The van der Waals surface area contributed by atoms with Crippen LogP contribution in [0.5, 0.6) is 0 Å². The molecule has 1 heterocycles. The van der Waals surface area contributed by atoms with Crippen LogP contribution in [-0.2, 0) is 15.0 Å². The molecule has 120 valence electrons. The molecule has 0 bridgehead atoms. The number of hydrogen-bond donors (Lipinski definition) is 0. The molecular weight excluding hydrogens is 454 g/mol. The summed E-state index contributed by atoms with van der Waals surface area (Å²) < 4.78 is 34.6. The fourth-order valence-corrected chi connectivity index (χ4v) is 3.69. The van der Waals surface area contributed by atoms with Crippen molar-refractivity contribution in [2.45, 2.75) is 6.42 Å². The Bertz CT molecular complexity index is 757. The topological polar surface area (TPSA) is 97.6 Å². The zero-order valence-corrected chi connectivity index (χ0v) is 14.6. The molecule has 1 unspecified atom stereocenters. The van der Waals surface area contributed by atoms with Crippen molar-refractivity contribution in [3.05, 3.63) is 30.8 Å². The lowest BCUT2D eigenvalue weighted by Gasteiger charge is -2.17. The molecule has 7 nitrogen and oxygen atoms in total. The lowest BCUT2D eigenvalue weighted by Crippen LogP contribution is -2.26. The van der Waals surface area contributed by atoms with Crippen LogP contribution in [0.2, 0.25) is 5.02 Å². The zero-order chi connectivity index (χ0) is 16.7. The highest BCUT2D eigenvalue weighted by molar-refractivity contribution is 14.1. The van der Waals surface area contributed by atoms with Crippen LogP contribution in [-0.4, -0.2) is 31.5 Å². The van der Waals surface area contributed by atoms with Crippen LogP contribution in [0.1, 0.15) is 6.42 Å². The van der Waals surface area contributed by atoms with Gasteiger partial charge in [0, 0.05) is 28.5 Å². The van der Waals surface area contributed by atoms with Gasteiger partial charge in [0.25, 0.3) is 5.69 Å².